The van der Waals surface area contributed by atoms with Crippen molar-refractivity contribution in [3.8, 4) is 11.1 Å². The second kappa shape index (κ2) is 10.6. The molecule has 1 aliphatic rings. The van der Waals surface area contributed by atoms with Crippen LogP contribution in [0.1, 0.15) is 23.0 Å². The molecule has 1 saturated heterocycles. The standard InChI is InChI=1S/C26H23F2N5O5/c1-13(34)30-18-5-3-14(4-6-18)20-10-21(25(35)36)32-24(31-19-8-16(27)7-17(28)9-19)22(20)23(29)15-11-33(12-15)26(37)38-2/h3-10,15,29H,11-12H2,1-2H3,(H,30,34)(H,31,32)(H,35,36). The molecule has 1 aromatic heterocycles. The zero-order valence-corrected chi connectivity index (χ0v) is 20.3. The number of hydrogen-bond donors (Lipinski definition) is 4. The van der Waals surface area contributed by atoms with Gasteiger partial charge in [0.15, 0.2) is 5.69 Å². The number of pyridine rings is 1. The molecule has 0 saturated carbocycles. The molecule has 0 atom stereocenters. The van der Waals surface area contributed by atoms with Gasteiger partial charge in [0, 0.05) is 54.6 Å². The van der Waals surface area contributed by atoms with Crippen LogP contribution in [0.3, 0.4) is 0 Å². The number of likely N-dealkylation sites (tertiary alicyclic amines) is 1. The molecule has 1 fully saturated rings. The van der Waals surface area contributed by atoms with Gasteiger partial charge in [-0.1, -0.05) is 12.1 Å². The van der Waals surface area contributed by atoms with E-state index in [1.54, 1.807) is 24.3 Å². The summed E-state index contributed by atoms with van der Waals surface area (Å²) in [5.74, 6) is -3.88. The Morgan fingerprint density at radius 3 is 2.24 bits per heavy atom. The summed E-state index contributed by atoms with van der Waals surface area (Å²) in [6, 6.07) is 10.5. The van der Waals surface area contributed by atoms with Crippen molar-refractivity contribution in [3.63, 3.8) is 0 Å². The molecule has 0 bridgehead atoms. The van der Waals surface area contributed by atoms with E-state index >= 15 is 0 Å². The summed E-state index contributed by atoms with van der Waals surface area (Å²) in [4.78, 5) is 40.7. The van der Waals surface area contributed by atoms with Gasteiger partial charge in [0.2, 0.25) is 5.91 Å². The van der Waals surface area contributed by atoms with E-state index in [2.05, 4.69) is 15.6 Å². The molecule has 10 nitrogen and oxygen atoms in total. The predicted octanol–water partition coefficient (Wildman–Crippen LogP) is 4.49. The molecule has 4 rings (SSSR count). The van der Waals surface area contributed by atoms with Gasteiger partial charge < -0.3 is 30.8 Å². The Morgan fingerprint density at radius 1 is 1.05 bits per heavy atom. The monoisotopic (exact) mass is 523 g/mol. The Kier molecular flexibility index (Phi) is 7.33. The zero-order chi connectivity index (χ0) is 27.6. The first-order valence-electron chi connectivity index (χ1n) is 11.4. The molecule has 12 heteroatoms. The number of hydrogen-bond acceptors (Lipinski definition) is 7. The molecule has 4 N–H and O–H groups in total. The Bertz CT molecular complexity index is 1420. The van der Waals surface area contributed by atoms with Crippen LogP contribution in [0.15, 0.2) is 48.5 Å². The molecule has 38 heavy (non-hydrogen) atoms. The van der Waals surface area contributed by atoms with Crippen LogP contribution in [0.2, 0.25) is 0 Å². The number of methoxy groups -OCH3 is 1. The van der Waals surface area contributed by atoms with Crippen molar-refractivity contribution in [1.82, 2.24) is 9.88 Å². The number of benzene rings is 2. The van der Waals surface area contributed by atoms with Crippen LogP contribution < -0.4 is 10.6 Å². The quantitative estimate of drug-likeness (QED) is 0.334. The summed E-state index contributed by atoms with van der Waals surface area (Å²) in [5.41, 5.74) is 1.15. The van der Waals surface area contributed by atoms with Gasteiger partial charge in [-0.2, -0.15) is 0 Å². The van der Waals surface area contributed by atoms with E-state index in [4.69, 9.17) is 10.1 Å². The summed E-state index contributed by atoms with van der Waals surface area (Å²) < 4.78 is 32.5. The second-order valence-corrected chi connectivity index (χ2v) is 8.61. The van der Waals surface area contributed by atoms with Crippen molar-refractivity contribution < 1.29 is 33.0 Å². The predicted molar refractivity (Wildman–Crippen MR) is 135 cm³/mol. The molecule has 0 unspecified atom stereocenters. The summed E-state index contributed by atoms with van der Waals surface area (Å²) in [7, 11) is 1.25. The minimum absolute atomic E-state index is 0.0369. The SMILES string of the molecule is COC(=O)N1CC(C(=N)c2c(-c3ccc(NC(C)=O)cc3)cc(C(=O)O)nc2Nc2cc(F)cc(F)c2)C1. The third-order valence-corrected chi connectivity index (χ3v) is 5.87. The van der Waals surface area contributed by atoms with Crippen LogP contribution >= 0.6 is 0 Å². The van der Waals surface area contributed by atoms with Crippen LogP contribution in [-0.2, 0) is 9.53 Å². The van der Waals surface area contributed by atoms with Gasteiger partial charge in [-0.15, -0.1) is 0 Å². The highest BCUT2D eigenvalue weighted by Crippen LogP contribution is 2.35. The minimum Gasteiger partial charge on any atom is -0.477 e. The number of carbonyl (C=O) groups excluding carboxylic acids is 2. The lowest BCUT2D eigenvalue weighted by molar-refractivity contribution is -0.114. The maximum absolute atomic E-state index is 13.9. The van der Waals surface area contributed by atoms with Gasteiger partial charge in [0.25, 0.3) is 0 Å². The number of anilines is 3. The number of amides is 2. The number of nitrogens with zero attached hydrogens (tertiary/aromatic N) is 2. The lowest BCUT2D eigenvalue weighted by Gasteiger charge is -2.38. The lowest BCUT2D eigenvalue weighted by Crippen LogP contribution is -2.53. The molecule has 3 aromatic rings. The molecular weight excluding hydrogens is 500 g/mol. The van der Waals surface area contributed by atoms with Gasteiger partial charge in [-0.25, -0.2) is 23.4 Å². The summed E-state index contributed by atoms with van der Waals surface area (Å²) in [6.07, 6.45) is -0.546. The van der Waals surface area contributed by atoms with E-state index in [1.807, 2.05) is 0 Å². The van der Waals surface area contributed by atoms with E-state index < -0.39 is 29.6 Å². The molecule has 2 heterocycles. The first-order chi connectivity index (χ1) is 18.0. The van der Waals surface area contributed by atoms with Gasteiger partial charge in [0.1, 0.15) is 17.5 Å². The lowest BCUT2D eigenvalue weighted by atomic mass is 9.86. The van der Waals surface area contributed by atoms with Crippen molar-refractivity contribution in [3.05, 3.63) is 71.4 Å². The fourth-order valence-electron chi connectivity index (χ4n) is 4.09. The van der Waals surface area contributed by atoms with Crippen LogP contribution in [0.5, 0.6) is 0 Å². The number of aromatic carboxylic acids is 1. The zero-order valence-electron chi connectivity index (χ0n) is 20.3. The molecule has 2 amide bonds. The first-order valence-corrected chi connectivity index (χ1v) is 11.4. The maximum Gasteiger partial charge on any atom is 0.409 e. The van der Waals surface area contributed by atoms with Crippen molar-refractivity contribution in [2.45, 2.75) is 6.92 Å². The average molecular weight is 523 g/mol. The van der Waals surface area contributed by atoms with Gasteiger partial charge >= 0.3 is 12.1 Å². The third-order valence-electron chi connectivity index (χ3n) is 5.87. The number of nitrogens with one attached hydrogen (secondary N) is 3. The van der Waals surface area contributed by atoms with E-state index in [0.29, 0.717) is 22.9 Å². The van der Waals surface area contributed by atoms with E-state index in [0.717, 1.165) is 12.1 Å². The third kappa shape index (κ3) is 5.59. The molecular formula is C26H23F2N5O5. The number of carboxylic acids is 1. The fourth-order valence-corrected chi connectivity index (χ4v) is 4.09. The van der Waals surface area contributed by atoms with Crippen LogP contribution in [0.4, 0.5) is 30.8 Å². The highest BCUT2D eigenvalue weighted by Gasteiger charge is 2.37. The van der Waals surface area contributed by atoms with Crippen molar-refractivity contribution >= 4 is 40.9 Å². The Hall–Kier alpha value is -4.87. The van der Waals surface area contributed by atoms with Crippen molar-refractivity contribution in [2.24, 2.45) is 5.92 Å². The largest absolute Gasteiger partial charge is 0.477 e. The maximum atomic E-state index is 13.9. The molecule has 1 aliphatic heterocycles. The number of carbonyl (C=O) groups is 3. The topological polar surface area (TPSA) is 145 Å². The number of carboxylic acid groups (broad SMARTS) is 1. The number of halogens is 2. The highest BCUT2D eigenvalue weighted by molar-refractivity contribution is 6.11. The normalized spacial score (nSPS) is 12.9. The van der Waals surface area contributed by atoms with Gasteiger partial charge in [0.05, 0.1) is 7.11 Å². The minimum atomic E-state index is -1.35. The van der Waals surface area contributed by atoms with Gasteiger partial charge in [-0.3, -0.25) is 4.79 Å². The van der Waals surface area contributed by atoms with Crippen molar-refractivity contribution in [2.75, 3.05) is 30.8 Å². The molecule has 0 radical (unpaired) electrons. The molecule has 0 aliphatic carbocycles. The average Bonchev–Trinajstić information content (AvgIpc) is 2.81. The summed E-state index contributed by atoms with van der Waals surface area (Å²) in [6.45, 7) is 1.72. The number of rotatable bonds is 7. The Labute approximate surface area is 215 Å². The van der Waals surface area contributed by atoms with E-state index in [-0.39, 0.29) is 47.5 Å². The number of aromatic nitrogens is 1. The van der Waals surface area contributed by atoms with E-state index in [9.17, 15) is 28.3 Å². The molecule has 2 aromatic carbocycles. The smallest absolute Gasteiger partial charge is 0.409 e. The van der Waals surface area contributed by atoms with Crippen LogP contribution in [0, 0.1) is 23.0 Å². The summed E-state index contributed by atoms with van der Waals surface area (Å²) >= 11 is 0. The van der Waals surface area contributed by atoms with Gasteiger partial charge in [-0.05, 0) is 41.5 Å². The highest BCUT2D eigenvalue weighted by atomic mass is 19.1. The number of ether oxygens (including phenoxy) is 1. The van der Waals surface area contributed by atoms with Crippen LogP contribution in [-0.4, -0.2) is 58.9 Å². The first kappa shape index (κ1) is 26.2. The fraction of sp³-hybridized carbons (Fsp3) is 0.192. The van der Waals surface area contributed by atoms with Crippen LogP contribution in [0.25, 0.3) is 11.1 Å². The Balaban J connectivity index is 1.84. The van der Waals surface area contributed by atoms with Crippen molar-refractivity contribution in [1.29, 1.82) is 5.41 Å². The van der Waals surface area contributed by atoms with E-state index in [1.165, 1.54) is 25.0 Å². The summed E-state index contributed by atoms with van der Waals surface area (Å²) in [5, 5.41) is 24.1. The molecule has 196 valence electrons. The molecule has 0 spiro atoms. The Morgan fingerprint density at radius 2 is 1.68 bits per heavy atom. The second-order valence-electron chi connectivity index (χ2n) is 8.61.